The molecule has 4 aromatic rings. The highest BCUT2D eigenvalue weighted by Crippen LogP contribution is 2.39. The fraction of sp³-hybridized carbons (Fsp3) is 0.0714. The maximum absolute atomic E-state index is 7.38. The van der Waals surface area contributed by atoms with E-state index in [-0.39, 0.29) is 0 Å². The van der Waals surface area contributed by atoms with E-state index in [9.17, 15) is 0 Å². The second-order valence-electron chi connectivity index (χ2n) is 7.70. The summed E-state index contributed by atoms with van der Waals surface area (Å²) < 4.78 is 0. The molecular formula is C28H25ClSi. The molecule has 0 saturated carbocycles. The molecule has 0 amide bonds. The molecule has 148 valence electrons. The molecule has 4 rings (SSSR count). The molecule has 2 heteroatoms. The molecule has 30 heavy (non-hydrogen) atoms. The van der Waals surface area contributed by atoms with E-state index in [2.05, 4.69) is 110 Å². The average molecular weight is 425 g/mol. The number of halogens is 1. The Balaban J connectivity index is 2.07. The fourth-order valence-corrected chi connectivity index (χ4v) is 9.89. The topological polar surface area (TPSA) is 0 Å². The van der Waals surface area contributed by atoms with Gasteiger partial charge in [0.15, 0.2) is 8.07 Å². The Kier molecular flexibility index (Phi) is 5.76. The molecular weight excluding hydrogens is 400 g/mol. The molecule has 0 aliphatic heterocycles. The second-order valence-corrected chi connectivity index (χ2v) is 12.3. The molecule has 4 aromatic carbocycles. The number of rotatable bonds is 6. The van der Waals surface area contributed by atoms with Crippen LogP contribution in [0.2, 0.25) is 0 Å². The number of benzene rings is 4. The van der Waals surface area contributed by atoms with Gasteiger partial charge in [0.2, 0.25) is 0 Å². The van der Waals surface area contributed by atoms with Gasteiger partial charge in [0.25, 0.3) is 0 Å². The molecule has 0 aliphatic rings. The zero-order chi connectivity index (χ0) is 21.0. The first-order valence-electron chi connectivity index (χ1n) is 10.2. The molecule has 0 aliphatic carbocycles. The van der Waals surface area contributed by atoms with Gasteiger partial charge >= 0.3 is 0 Å². The standard InChI is InChI=1S/C28H25ClSi/c1-23(28(2,29)24-15-7-3-8-16-24)30(25-17-9-4-10-18-25,26-19-11-5-12-20-26)27-21-13-6-14-22-27/h3-22H,1H2,2H3. The van der Waals surface area contributed by atoms with E-state index in [0.717, 1.165) is 10.8 Å². The molecule has 0 radical (unpaired) electrons. The zero-order valence-electron chi connectivity index (χ0n) is 17.1. The lowest BCUT2D eigenvalue weighted by molar-refractivity contribution is 0.840. The summed E-state index contributed by atoms with van der Waals surface area (Å²) in [6.07, 6.45) is 0. The van der Waals surface area contributed by atoms with Crippen molar-refractivity contribution in [1.29, 1.82) is 0 Å². The van der Waals surface area contributed by atoms with Crippen molar-refractivity contribution in [2.45, 2.75) is 11.8 Å². The van der Waals surface area contributed by atoms with Crippen LogP contribution in [-0.4, -0.2) is 8.07 Å². The van der Waals surface area contributed by atoms with Crippen LogP contribution < -0.4 is 15.6 Å². The van der Waals surface area contributed by atoms with Gasteiger partial charge in [0.05, 0.1) is 4.87 Å². The van der Waals surface area contributed by atoms with Crippen LogP contribution >= 0.6 is 11.6 Å². The first-order valence-corrected chi connectivity index (χ1v) is 12.6. The van der Waals surface area contributed by atoms with Gasteiger partial charge in [-0.25, -0.2) is 0 Å². The quantitative estimate of drug-likeness (QED) is 0.220. The maximum atomic E-state index is 7.38. The Hall–Kier alpha value is -2.87. The van der Waals surface area contributed by atoms with E-state index in [1.165, 1.54) is 15.6 Å². The van der Waals surface area contributed by atoms with Gasteiger partial charge in [0, 0.05) is 0 Å². The lowest BCUT2D eigenvalue weighted by atomic mass is 10.0. The Bertz CT molecular complexity index is 1010. The minimum absolute atomic E-state index is 0.713. The van der Waals surface area contributed by atoms with Crippen LogP contribution in [0.15, 0.2) is 133 Å². The zero-order valence-corrected chi connectivity index (χ0v) is 18.9. The highest BCUT2D eigenvalue weighted by Gasteiger charge is 2.48. The molecule has 1 atom stereocenters. The number of hydrogen-bond acceptors (Lipinski definition) is 0. The average Bonchev–Trinajstić information content (AvgIpc) is 2.82. The van der Waals surface area contributed by atoms with Crippen LogP contribution in [0, 0.1) is 0 Å². The molecule has 0 nitrogen and oxygen atoms in total. The third-order valence-corrected chi connectivity index (χ3v) is 11.6. The monoisotopic (exact) mass is 424 g/mol. The van der Waals surface area contributed by atoms with Crippen molar-refractivity contribution in [1.82, 2.24) is 0 Å². The van der Waals surface area contributed by atoms with Gasteiger partial charge in [-0.15, -0.1) is 18.2 Å². The minimum Gasteiger partial charge on any atom is -0.110 e. The highest BCUT2D eigenvalue weighted by molar-refractivity contribution is 7.16. The third kappa shape index (κ3) is 3.45. The van der Waals surface area contributed by atoms with E-state index in [1.807, 2.05) is 18.2 Å². The minimum atomic E-state index is -2.67. The van der Waals surface area contributed by atoms with Crippen LogP contribution in [0.25, 0.3) is 0 Å². The molecule has 0 N–H and O–H groups in total. The van der Waals surface area contributed by atoms with E-state index in [0.29, 0.717) is 0 Å². The van der Waals surface area contributed by atoms with Crippen molar-refractivity contribution in [3.05, 3.63) is 139 Å². The van der Waals surface area contributed by atoms with E-state index in [4.69, 9.17) is 18.2 Å². The Morgan fingerprint density at radius 2 is 0.900 bits per heavy atom. The summed E-state index contributed by atoms with van der Waals surface area (Å²) >= 11 is 7.38. The molecule has 0 aromatic heterocycles. The van der Waals surface area contributed by atoms with Crippen LogP contribution in [0.4, 0.5) is 0 Å². The second kappa shape index (κ2) is 8.47. The third-order valence-electron chi connectivity index (χ3n) is 5.96. The summed E-state index contributed by atoms with van der Waals surface area (Å²) in [5, 5.41) is 4.92. The molecule has 0 spiro atoms. The maximum Gasteiger partial charge on any atom is 0.177 e. The van der Waals surface area contributed by atoms with Crippen LogP contribution in [0.3, 0.4) is 0 Å². The SMILES string of the molecule is C=C(C(C)(Cl)c1ccccc1)[Si](c1ccccc1)(c1ccccc1)c1ccccc1. The Morgan fingerprint density at radius 1 is 0.600 bits per heavy atom. The summed E-state index contributed by atoms with van der Waals surface area (Å²) in [6, 6.07) is 42.6. The summed E-state index contributed by atoms with van der Waals surface area (Å²) in [5.41, 5.74) is 1.07. The Morgan fingerprint density at radius 3 is 1.23 bits per heavy atom. The normalized spacial score (nSPS) is 13.4. The summed E-state index contributed by atoms with van der Waals surface area (Å²) in [7, 11) is -2.67. The van der Waals surface area contributed by atoms with Crippen molar-refractivity contribution < 1.29 is 0 Å². The van der Waals surface area contributed by atoms with E-state index in [1.54, 1.807) is 0 Å². The van der Waals surface area contributed by atoms with E-state index < -0.39 is 12.9 Å². The largest absolute Gasteiger partial charge is 0.177 e. The van der Waals surface area contributed by atoms with Gasteiger partial charge in [-0.3, -0.25) is 0 Å². The molecule has 0 heterocycles. The van der Waals surface area contributed by atoms with Gasteiger partial charge in [0.1, 0.15) is 0 Å². The van der Waals surface area contributed by atoms with Gasteiger partial charge in [-0.1, -0.05) is 121 Å². The van der Waals surface area contributed by atoms with Gasteiger partial charge < -0.3 is 0 Å². The number of alkyl halides is 1. The predicted octanol–water partition coefficient (Wildman–Crippen LogP) is 5.41. The number of allylic oxidation sites excluding steroid dienone is 1. The number of hydrogen-bond donors (Lipinski definition) is 0. The van der Waals surface area contributed by atoms with Crippen LogP contribution in [0.5, 0.6) is 0 Å². The molecule has 0 saturated heterocycles. The van der Waals surface area contributed by atoms with Crippen molar-refractivity contribution in [2.75, 3.05) is 0 Å². The van der Waals surface area contributed by atoms with Crippen molar-refractivity contribution >= 4 is 35.2 Å². The fourth-order valence-electron chi connectivity index (χ4n) is 4.36. The van der Waals surface area contributed by atoms with Crippen molar-refractivity contribution in [2.24, 2.45) is 0 Å². The van der Waals surface area contributed by atoms with Crippen LogP contribution in [0.1, 0.15) is 12.5 Å². The molecule has 1 unspecified atom stereocenters. The summed E-state index contributed by atoms with van der Waals surface area (Å²) in [4.78, 5) is -0.713. The Labute approximate surface area is 185 Å². The van der Waals surface area contributed by atoms with Crippen molar-refractivity contribution in [3.63, 3.8) is 0 Å². The lowest BCUT2D eigenvalue weighted by Crippen LogP contribution is -2.70. The van der Waals surface area contributed by atoms with Crippen molar-refractivity contribution in [3.8, 4) is 0 Å². The van der Waals surface area contributed by atoms with Gasteiger partial charge in [-0.05, 0) is 33.2 Å². The van der Waals surface area contributed by atoms with Crippen LogP contribution in [-0.2, 0) is 4.87 Å². The lowest BCUT2D eigenvalue weighted by Gasteiger charge is -2.41. The summed E-state index contributed by atoms with van der Waals surface area (Å²) in [5.74, 6) is 0. The van der Waals surface area contributed by atoms with Gasteiger partial charge in [-0.2, -0.15) is 0 Å². The first-order chi connectivity index (χ1) is 14.6. The smallest absolute Gasteiger partial charge is 0.110 e. The summed E-state index contributed by atoms with van der Waals surface area (Å²) in [6.45, 7) is 6.82. The highest BCUT2D eigenvalue weighted by atomic mass is 35.5. The first kappa shape index (κ1) is 20.4. The van der Waals surface area contributed by atoms with E-state index >= 15 is 0 Å². The predicted molar refractivity (Wildman–Crippen MR) is 133 cm³/mol. The molecule has 0 bridgehead atoms. The molecule has 0 fully saturated rings.